The summed E-state index contributed by atoms with van der Waals surface area (Å²) in [6.07, 6.45) is 2.21. The molecule has 0 aliphatic rings. The Morgan fingerprint density at radius 1 is 1.07 bits per heavy atom. The summed E-state index contributed by atoms with van der Waals surface area (Å²) in [7, 11) is 0. The van der Waals surface area contributed by atoms with Gasteiger partial charge in [0.15, 0.2) is 0 Å². The smallest absolute Gasteiger partial charge is 0.270 e. The van der Waals surface area contributed by atoms with Gasteiger partial charge in [-0.2, -0.15) is 0 Å². The molecule has 1 heterocycles. The molecule has 2 aromatic carbocycles. The maximum Gasteiger partial charge on any atom is 0.270 e. The third kappa shape index (κ3) is 4.88. The molecule has 0 atom stereocenters. The third-order valence-corrected chi connectivity index (χ3v) is 4.11. The minimum atomic E-state index is -0.268. The molecule has 0 saturated carbocycles. The van der Waals surface area contributed by atoms with Crippen molar-refractivity contribution < 1.29 is 9.18 Å². The molecule has 1 amide bonds. The first-order valence-corrected chi connectivity index (χ1v) is 8.85. The van der Waals surface area contributed by atoms with E-state index in [1.807, 2.05) is 42.2 Å². The lowest BCUT2D eigenvalue weighted by Crippen LogP contribution is -2.27. The summed E-state index contributed by atoms with van der Waals surface area (Å²) in [5.41, 5.74) is 2.24. The lowest BCUT2D eigenvalue weighted by Gasteiger charge is -2.21. The van der Waals surface area contributed by atoms with Gasteiger partial charge in [0.1, 0.15) is 11.5 Å². The molecule has 0 unspecified atom stereocenters. The Bertz CT molecular complexity index is 884. The van der Waals surface area contributed by atoms with Crippen molar-refractivity contribution in [2.45, 2.75) is 13.3 Å². The van der Waals surface area contributed by atoms with Crippen LogP contribution in [0.25, 0.3) is 0 Å². The summed E-state index contributed by atoms with van der Waals surface area (Å²) in [6.45, 7) is 3.13. The van der Waals surface area contributed by atoms with Crippen LogP contribution < -0.4 is 10.2 Å². The molecule has 5 nitrogen and oxygen atoms in total. The first kappa shape index (κ1) is 18.5. The fourth-order valence-corrected chi connectivity index (χ4v) is 2.71. The standard InChI is InChI=1S/C21H21FN4O/c1-2-26(18-6-4-3-5-7-18)21-24-15-13-19(25-21)20(27)23-14-12-16-8-10-17(22)11-9-16/h3-11,13,15H,2,12,14H2,1H3,(H,23,27). The number of nitrogens with one attached hydrogen (secondary N) is 1. The monoisotopic (exact) mass is 364 g/mol. The van der Waals surface area contributed by atoms with Gasteiger partial charge >= 0.3 is 0 Å². The molecular formula is C21H21FN4O. The van der Waals surface area contributed by atoms with Crippen LogP contribution in [0.2, 0.25) is 0 Å². The summed E-state index contributed by atoms with van der Waals surface area (Å²) in [4.78, 5) is 23.1. The van der Waals surface area contributed by atoms with E-state index in [-0.39, 0.29) is 11.7 Å². The van der Waals surface area contributed by atoms with Crippen molar-refractivity contribution in [1.82, 2.24) is 15.3 Å². The number of nitrogens with zero attached hydrogens (tertiary/aromatic N) is 3. The minimum absolute atomic E-state index is 0.259. The molecule has 0 radical (unpaired) electrons. The van der Waals surface area contributed by atoms with E-state index in [0.717, 1.165) is 11.3 Å². The molecular weight excluding hydrogens is 343 g/mol. The SMILES string of the molecule is CCN(c1ccccc1)c1nccc(C(=O)NCCc2ccc(F)cc2)n1. The molecule has 138 valence electrons. The van der Waals surface area contributed by atoms with Gasteiger partial charge in [0.25, 0.3) is 5.91 Å². The number of carbonyl (C=O) groups is 1. The van der Waals surface area contributed by atoms with Crippen molar-refractivity contribution in [1.29, 1.82) is 0 Å². The van der Waals surface area contributed by atoms with Crippen molar-refractivity contribution in [3.8, 4) is 0 Å². The molecule has 0 saturated heterocycles. The molecule has 3 aromatic rings. The van der Waals surface area contributed by atoms with Gasteiger partial charge in [0.2, 0.25) is 5.95 Å². The highest BCUT2D eigenvalue weighted by molar-refractivity contribution is 5.92. The van der Waals surface area contributed by atoms with Crippen LogP contribution in [-0.4, -0.2) is 29.0 Å². The fourth-order valence-electron chi connectivity index (χ4n) is 2.71. The number of anilines is 2. The van der Waals surface area contributed by atoms with Gasteiger partial charge in [-0.25, -0.2) is 14.4 Å². The average molecular weight is 364 g/mol. The zero-order chi connectivity index (χ0) is 19.1. The van der Waals surface area contributed by atoms with E-state index in [0.29, 0.717) is 31.2 Å². The zero-order valence-electron chi connectivity index (χ0n) is 15.1. The number of carbonyl (C=O) groups excluding carboxylic acids is 1. The van der Waals surface area contributed by atoms with Crippen LogP contribution in [0.1, 0.15) is 23.0 Å². The normalized spacial score (nSPS) is 10.4. The zero-order valence-corrected chi connectivity index (χ0v) is 15.1. The van der Waals surface area contributed by atoms with Crippen LogP contribution in [-0.2, 0) is 6.42 Å². The lowest BCUT2D eigenvalue weighted by atomic mass is 10.1. The van der Waals surface area contributed by atoms with Crippen LogP contribution in [0.3, 0.4) is 0 Å². The highest BCUT2D eigenvalue weighted by atomic mass is 19.1. The quantitative estimate of drug-likeness (QED) is 0.694. The second-order valence-electron chi connectivity index (χ2n) is 5.95. The van der Waals surface area contributed by atoms with Crippen LogP contribution in [0.4, 0.5) is 16.0 Å². The largest absolute Gasteiger partial charge is 0.350 e. The Morgan fingerprint density at radius 3 is 2.52 bits per heavy atom. The Hall–Kier alpha value is -3.28. The first-order chi connectivity index (χ1) is 13.2. The van der Waals surface area contributed by atoms with Crippen LogP contribution in [0.15, 0.2) is 66.9 Å². The van der Waals surface area contributed by atoms with Crippen LogP contribution >= 0.6 is 0 Å². The Kier molecular flexibility index (Phi) is 6.10. The minimum Gasteiger partial charge on any atom is -0.350 e. The number of amides is 1. The molecule has 0 bridgehead atoms. The maximum atomic E-state index is 12.9. The van der Waals surface area contributed by atoms with Crippen molar-refractivity contribution in [2.24, 2.45) is 0 Å². The number of benzene rings is 2. The second-order valence-corrected chi connectivity index (χ2v) is 5.95. The Balaban J connectivity index is 1.65. The number of hydrogen-bond donors (Lipinski definition) is 1. The maximum absolute atomic E-state index is 12.9. The number of halogens is 1. The molecule has 6 heteroatoms. The van der Waals surface area contributed by atoms with Crippen molar-refractivity contribution >= 4 is 17.5 Å². The summed E-state index contributed by atoms with van der Waals surface area (Å²) < 4.78 is 12.9. The van der Waals surface area contributed by atoms with Crippen molar-refractivity contribution in [3.05, 3.63) is 83.9 Å². The van der Waals surface area contributed by atoms with E-state index in [1.165, 1.54) is 12.1 Å². The van der Waals surface area contributed by atoms with E-state index in [9.17, 15) is 9.18 Å². The van der Waals surface area contributed by atoms with Gasteiger partial charge < -0.3 is 10.2 Å². The van der Waals surface area contributed by atoms with E-state index in [2.05, 4.69) is 15.3 Å². The molecule has 1 N–H and O–H groups in total. The summed E-state index contributed by atoms with van der Waals surface area (Å²) >= 11 is 0. The first-order valence-electron chi connectivity index (χ1n) is 8.85. The fraction of sp³-hybridized carbons (Fsp3) is 0.190. The van der Waals surface area contributed by atoms with Gasteiger partial charge in [-0.3, -0.25) is 4.79 Å². The highest BCUT2D eigenvalue weighted by Crippen LogP contribution is 2.20. The second kappa shape index (κ2) is 8.89. The van der Waals surface area contributed by atoms with Gasteiger partial charge in [-0.15, -0.1) is 0 Å². The molecule has 0 aliphatic heterocycles. The summed E-state index contributed by atoms with van der Waals surface area (Å²) in [5.74, 6) is -0.0463. The summed E-state index contributed by atoms with van der Waals surface area (Å²) in [5, 5.41) is 2.84. The average Bonchev–Trinajstić information content (AvgIpc) is 2.71. The van der Waals surface area contributed by atoms with Gasteiger partial charge in [-0.1, -0.05) is 30.3 Å². The Morgan fingerprint density at radius 2 is 1.81 bits per heavy atom. The van der Waals surface area contributed by atoms with Crippen LogP contribution in [0.5, 0.6) is 0 Å². The van der Waals surface area contributed by atoms with E-state index in [4.69, 9.17) is 0 Å². The number of rotatable bonds is 7. The molecule has 1 aromatic heterocycles. The Labute approximate surface area is 157 Å². The molecule has 0 spiro atoms. The topological polar surface area (TPSA) is 58.1 Å². The predicted octanol–water partition coefficient (Wildman–Crippen LogP) is 3.75. The third-order valence-electron chi connectivity index (χ3n) is 4.11. The van der Waals surface area contributed by atoms with Crippen LogP contribution in [0, 0.1) is 5.82 Å². The number of para-hydroxylation sites is 1. The molecule has 0 fully saturated rings. The van der Waals surface area contributed by atoms with E-state index < -0.39 is 0 Å². The van der Waals surface area contributed by atoms with Gasteiger partial charge in [0.05, 0.1) is 0 Å². The van der Waals surface area contributed by atoms with E-state index in [1.54, 1.807) is 24.4 Å². The van der Waals surface area contributed by atoms with Gasteiger partial charge in [0, 0.05) is 25.0 Å². The van der Waals surface area contributed by atoms with Crippen molar-refractivity contribution in [3.63, 3.8) is 0 Å². The molecule has 3 rings (SSSR count). The molecule has 0 aliphatic carbocycles. The molecule has 27 heavy (non-hydrogen) atoms. The number of hydrogen-bond acceptors (Lipinski definition) is 4. The highest BCUT2D eigenvalue weighted by Gasteiger charge is 2.13. The predicted molar refractivity (Wildman–Crippen MR) is 104 cm³/mol. The van der Waals surface area contributed by atoms with Crippen molar-refractivity contribution in [2.75, 3.05) is 18.0 Å². The lowest BCUT2D eigenvalue weighted by molar-refractivity contribution is 0.0949. The number of aromatic nitrogens is 2. The van der Waals surface area contributed by atoms with E-state index >= 15 is 0 Å². The van der Waals surface area contributed by atoms with Gasteiger partial charge in [-0.05, 0) is 49.2 Å². The summed E-state index contributed by atoms with van der Waals surface area (Å²) in [6, 6.07) is 17.6.